The van der Waals surface area contributed by atoms with Crippen LogP contribution in [0.15, 0.2) is 27.8 Å². The van der Waals surface area contributed by atoms with Gasteiger partial charge in [-0.25, -0.2) is 4.79 Å². The van der Waals surface area contributed by atoms with Crippen LogP contribution < -0.4 is 16.6 Å². The Morgan fingerprint density at radius 3 is 2.48 bits per heavy atom. The van der Waals surface area contributed by atoms with Gasteiger partial charge in [0.15, 0.2) is 0 Å². The lowest BCUT2D eigenvalue weighted by molar-refractivity contribution is -0.121. The number of carbonyl (C=O) groups is 1. The van der Waals surface area contributed by atoms with Crippen LogP contribution in [-0.2, 0) is 17.9 Å². The van der Waals surface area contributed by atoms with E-state index in [4.69, 9.17) is 0 Å². The first-order valence-electron chi connectivity index (χ1n) is 9.00. The number of hydrogen-bond donors (Lipinski definition) is 1. The van der Waals surface area contributed by atoms with Crippen molar-refractivity contribution >= 4 is 16.8 Å². The molecule has 0 aliphatic heterocycles. The van der Waals surface area contributed by atoms with Crippen LogP contribution >= 0.6 is 0 Å². The van der Waals surface area contributed by atoms with Crippen LogP contribution in [0.2, 0.25) is 0 Å². The first-order valence-corrected chi connectivity index (χ1v) is 9.00. The zero-order valence-electron chi connectivity index (χ0n) is 15.3. The maximum absolute atomic E-state index is 12.8. The average Bonchev–Trinajstić information content (AvgIpc) is 2.58. The molecule has 136 valence electrons. The van der Waals surface area contributed by atoms with Gasteiger partial charge < -0.3 is 5.32 Å². The normalized spacial score (nSPS) is 11.0. The summed E-state index contributed by atoms with van der Waals surface area (Å²) in [5.74, 6) is -0.303. The van der Waals surface area contributed by atoms with Gasteiger partial charge in [-0.15, -0.1) is 0 Å². The lowest BCUT2D eigenvalue weighted by Gasteiger charge is -2.15. The molecule has 25 heavy (non-hydrogen) atoms. The van der Waals surface area contributed by atoms with E-state index >= 15 is 0 Å². The third-order valence-corrected chi connectivity index (χ3v) is 4.35. The van der Waals surface area contributed by atoms with Crippen molar-refractivity contribution in [3.63, 3.8) is 0 Å². The van der Waals surface area contributed by atoms with Crippen LogP contribution in [-0.4, -0.2) is 21.6 Å². The predicted octanol–water partition coefficient (Wildman–Crippen LogP) is 2.19. The molecule has 0 saturated carbocycles. The molecule has 2 aromatic rings. The fourth-order valence-corrected chi connectivity index (χ4v) is 2.90. The maximum Gasteiger partial charge on any atom is 0.331 e. The van der Waals surface area contributed by atoms with E-state index in [-0.39, 0.29) is 12.5 Å². The molecule has 0 spiro atoms. The monoisotopic (exact) mass is 345 g/mol. The van der Waals surface area contributed by atoms with Gasteiger partial charge in [0.1, 0.15) is 6.54 Å². The number of unbranched alkanes of at least 4 members (excludes halogenated alkanes) is 2. The first kappa shape index (κ1) is 19.0. The highest BCUT2D eigenvalue weighted by Crippen LogP contribution is 2.13. The van der Waals surface area contributed by atoms with Crippen molar-refractivity contribution < 1.29 is 4.79 Å². The standard InChI is InChI=1S/C19H27N3O3/c1-4-6-11-20-16(23)13-22-18(24)17-14(3)9-8-10-15(17)21(19(22)25)12-7-5-2/h8-10H,4-7,11-13H2,1-3H3,(H,20,23). The molecule has 6 heteroatoms. The molecule has 0 atom stereocenters. The van der Waals surface area contributed by atoms with E-state index in [1.165, 1.54) is 0 Å². The molecule has 0 unspecified atom stereocenters. The first-order chi connectivity index (χ1) is 12.0. The van der Waals surface area contributed by atoms with Crippen molar-refractivity contribution in [1.29, 1.82) is 0 Å². The summed E-state index contributed by atoms with van der Waals surface area (Å²) < 4.78 is 2.68. The lowest BCUT2D eigenvalue weighted by atomic mass is 10.1. The van der Waals surface area contributed by atoms with Crippen molar-refractivity contribution in [3.8, 4) is 0 Å². The van der Waals surface area contributed by atoms with E-state index < -0.39 is 11.2 Å². The van der Waals surface area contributed by atoms with Crippen LogP contribution in [0.5, 0.6) is 0 Å². The minimum Gasteiger partial charge on any atom is -0.355 e. The fourth-order valence-electron chi connectivity index (χ4n) is 2.90. The minimum atomic E-state index is -0.415. The van der Waals surface area contributed by atoms with Crippen LogP contribution in [0, 0.1) is 6.92 Å². The third kappa shape index (κ3) is 4.18. The van der Waals surface area contributed by atoms with Gasteiger partial charge >= 0.3 is 5.69 Å². The van der Waals surface area contributed by atoms with E-state index in [1.54, 1.807) is 10.6 Å². The number of nitrogens with zero attached hydrogens (tertiary/aromatic N) is 2. The van der Waals surface area contributed by atoms with E-state index in [1.807, 2.05) is 26.0 Å². The molecule has 0 bridgehead atoms. The highest BCUT2D eigenvalue weighted by atomic mass is 16.2. The topological polar surface area (TPSA) is 73.1 Å². The largest absolute Gasteiger partial charge is 0.355 e. The number of aromatic nitrogens is 2. The summed E-state index contributed by atoms with van der Waals surface area (Å²) in [6.45, 7) is 6.79. The Hall–Kier alpha value is -2.37. The van der Waals surface area contributed by atoms with E-state index in [2.05, 4.69) is 12.2 Å². The molecule has 1 amide bonds. The lowest BCUT2D eigenvalue weighted by Crippen LogP contribution is -2.44. The Labute approximate surface area is 147 Å². The van der Waals surface area contributed by atoms with Crippen molar-refractivity contribution in [1.82, 2.24) is 14.5 Å². The second kappa shape index (κ2) is 8.65. The molecule has 0 aliphatic carbocycles. The molecule has 1 aromatic carbocycles. The summed E-state index contributed by atoms with van der Waals surface area (Å²) >= 11 is 0. The van der Waals surface area contributed by atoms with Crippen molar-refractivity contribution in [2.24, 2.45) is 0 Å². The minimum absolute atomic E-state index is 0.238. The van der Waals surface area contributed by atoms with Crippen molar-refractivity contribution in [3.05, 3.63) is 44.6 Å². The molecule has 1 N–H and O–H groups in total. The van der Waals surface area contributed by atoms with E-state index in [0.29, 0.717) is 24.0 Å². The van der Waals surface area contributed by atoms with Gasteiger partial charge in [0.2, 0.25) is 5.91 Å². The van der Waals surface area contributed by atoms with Gasteiger partial charge in [-0.1, -0.05) is 38.8 Å². The molecule has 0 aliphatic rings. The molecule has 0 radical (unpaired) electrons. The number of aryl methyl sites for hydroxylation is 2. The fraction of sp³-hybridized carbons (Fsp3) is 0.526. The van der Waals surface area contributed by atoms with Crippen LogP contribution in [0.25, 0.3) is 10.9 Å². The Bertz CT molecular complexity index is 865. The Morgan fingerprint density at radius 1 is 1.08 bits per heavy atom. The van der Waals surface area contributed by atoms with Gasteiger partial charge in [-0.2, -0.15) is 0 Å². The number of carbonyl (C=O) groups excluding carboxylic acids is 1. The van der Waals surface area contributed by atoms with Crippen molar-refractivity contribution in [2.75, 3.05) is 6.54 Å². The quantitative estimate of drug-likeness (QED) is 0.745. The van der Waals surface area contributed by atoms with Crippen LogP contribution in [0.3, 0.4) is 0 Å². The van der Waals surface area contributed by atoms with Gasteiger partial charge in [0, 0.05) is 13.1 Å². The molecule has 1 aromatic heterocycles. The smallest absolute Gasteiger partial charge is 0.331 e. The number of hydrogen-bond acceptors (Lipinski definition) is 3. The molecule has 1 heterocycles. The third-order valence-electron chi connectivity index (χ3n) is 4.35. The number of benzene rings is 1. The van der Waals surface area contributed by atoms with Crippen LogP contribution in [0.4, 0.5) is 0 Å². The second-order valence-electron chi connectivity index (χ2n) is 6.35. The van der Waals surface area contributed by atoms with E-state index in [9.17, 15) is 14.4 Å². The number of fused-ring (bicyclic) bond motifs is 1. The average molecular weight is 345 g/mol. The molecular formula is C19H27N3O3. The summed E-state index contributed by atoms with van der Waals surface area (Å²) in [4.78, 5) is 37.8. The Balaban J connectivity index is 2.52. The summed E-state index contributed by atoms with van der Waals surface area (Å²) in [6, 6.07) is 5.50. The summed E-state index contributed by atoms with van der Waals surface area (Å²) in [5.41, 5.74) is 0.651. The highest BCUT2D eigenvalue weighted by molar-refractivity contribution is 5.82. The molecular weight excluding hydrogens is 318 g/mol. The zero-order valence-corrected chi connectivity index (χ0v) is 15.3. The summed E-state index contributed by atoms with van der Waals surface area (Å²) in [6.07, 6.45) is 3.62. The Morgan fingerprint density at radius 2 is 1.80 bits per heavy atom. The van der Waals surface area contributed by atoms with Crippen molar-refractivity contribution in [2.45, 2.75) is 59.5 Å². The van der Waals surface area contributed by atoms with E-state index in [0.717, 1.165) is 35.8 Å². The number of amides is 1. The van der Waals surface area contributed by atoms with Gasteiger partial charge in [-0.05, 0) is 31.4 Å². The molecule has 6 nitrogen and oxygen atoms in total. The Kier molecular flexibility index (Phi) is 6.56. The number of nitrogens with one attached hydrogen (secondary N) is 1. The SMILES string of the molecule is CCCCNC(=O)Cn1c(=O)c2c(C)cccc2n(CCCC)c1=O. The summed E-state index contributed by atoms with van der Waals surface area (Å²) in [7, 11) is 0. The zero-order chi connectivity index (χ0) is 18.4. The highest BCUT2D eigenvalue weighted by Gasteiger charge is 2.16. The second-order valence-corrected chi connectivity index (χ2v) is 6.35. The maximum atomic E-state index is 12.8. The van der Waals surface area contributed by atoms with Gasteiger partial charge in [-0.3, -0.25) is 18.7 Å². The van der Waals surface area contributed by atoms with Crippen LogP contribution in [0.1, 0.15) is 45.1 Å². The predicted molar refractivity (Wildman–Crippen MR) is 100 cm³/mol. The van der Waals surface area contributed by atoms with Gasteiger partial charge in [0.25, 0.3) is 5.56 Å². The summed E-state index contributed by atoms with van der Waals surface area (Å²) in [5, 5.41) is 3.28. The van der Waals surface area contributed by atoms with Gasteiger partial charge in [0.05, 0.1) is 10.9 Å². The number of rotatable bonds is 8. The molecule has 0 saturated heterocycles. The molecule has 2 rings (SSSR count). The molecule has 0 fully saturated rings.